The molecule has 0 fully saturated rings. The van der Waals surface area contributed by atoms with E-state index in [9.17, 15) is 4.79 Å². The number of hydrogen-bond acceptors (Lipinski definition) is 5. The van der Waals surface area contributed by atoms with Crippen LogP contribution in [0, 0.1) is 0 Å². The molecule has 0 saturated heterocycles. The van der Waals surface area contributed by atoms with E-state index in [1.54, 1.807) is 0 Å². The Morgan fingerprint density at radius 3 is 2.67 bits per heavy atom. The smallest absolute Gasteiger partial charge is 0.323 e. The first kappa shape index (κ1) is 17.6. The van der Waals surface area contributed by atoms with Crippen molar-refractivity contribution in [3.05, 3.63) is 35.9 Å². The van der Waals surface area contributed by atoms with Gasteiger partial charge in [-0.3, -0.25) is 4.79 Å². The van der Waals surface area contributed by atoms with E-state index in [1.165, 1.54) is 0 Å². The van der Waals surface area contributed by atoms with Gasteiger partial charge in [0.15, 0.2) is 0 Å². The fourth-order valence-corrected chi connectivity index (χ4v) is 1.80. The Hall–Kier alpha value is -1.47. The standard InChI is InChI=1S/C15H25N3O3/c16-7-10-17-8-4-9-18-14(15(19)20)12-21-11-13-5-2-1-3-6-13/h1-3,5-6,14,17-18H,4,7-12,16H2,(H,19,20)/t14-/m1/s1. The molecule has 0 heterocycles. The molecule has 1 rings (SSSR count). The Labute approximate surface area is 125 Å². The zero-order valence-corrected chi connectivity index (χ0v) is 12.3. The summed E-state index contributed by atoms with van der Waals surface area (Å²) < 4.78 is 5.46. The molecule has 0 aliphatic heterocycles. The van der Waals surface area contributed by atoms with Crippen molar-refractivity contribution in [2.75, 3.05) is 32.8 Å². The minimum Gasteiger partial charge on any atom is -0.480 e. The molecule has 0 aliphatic rings. The molecule has 1 atom stereocenters. The van der Waals surface area contributed by atoms with Crippen molar-refractivity contribution >= 4 is 5.97 Å². The summed E-state index contributed by atoms with van der Waals surface area (Å²) in [5.41, 5.74) is 6.40. The molecule has 0 amide bonds. The van der Waals surface area contributed by atoms with Crippen LogP contribution >= 0.6 is 0 Å². The Morgan fingerprint density at radius 1 is 1.24 bits per heavy atom. The van der Waals surface area contributed by atoms with Crippen molar-refractivity contribution in [2.24, 2.45) is 5.73 Å². The van der Waals surface area contributed by atoms with Gasteiger partial charge < -0.3 is 26.2 Å². The van der Waals surface area contributed by atoms with Crippen LogP contribution in [0.15, 0.2) is 30.3 Å². The number of hydrogen-bond donors (Lipinski definition) is 4. The molecule has 0 aliphatic carbocycles. The van der Waals surface area contributed by atoms with E-state index in [0.717, 1.165) is 25.1 Å². The maximum Gasteiger partial charge on any atom is 0.323 e. The SMILES string of the molecule is NCCNCCCN[C@H](COCc1ccccc1)C(=O)O. The highest BCUT2D eigenvalue weighted by atomic mass is 16.5. The lowest BCUT2D eigenvalue weighted by Crippen LogP contribution is -2.41. The van der Waals surface area contributed by atoms with E-state index in [4.69, 9.17) is 15.6 Å². The first-order valence-electron chi connectivity index (χ1n) is 7.22. The second-order valence-electron chi connectivity index (χ2n) is 4.74. The highest BCUT2D eigenvalue weighted by Crippen LogP contribution is 2.01. The van der Waals surface area contributed by atoms with E-state index < -0.39 is 12.0 Å². The van der Waals surface area contributed by atoms with Gasteiger partial charge in [-0.05, 0) is 25.1 Å². The van der Waals surface area contributed by atoms with Crippen molar-refractivity contribution in [2.45, 2.75) is 19.1 Å². The molecule has 0 aromatic heterocycles. The second-order valence-corrected chi connectivity index (χ2v) is 4.74. The number of ether oxygens (including phenoxy) is 1. The van der Waals surface area contributed by atoms with Gasteiger partial charge in [0.25, 0.3) is 0 Å². The Kier molecular flexibility index (Phi) is 9.39. The third kappa shape index (κ3) is 8.41. The minimum atomic E-state index is -0.891. The van der Waals surface area contributed by atoms with Crippen LogP contribution in [0.3, 0.4) is 0 Å². The topological polar surface area (TPSA) is 96.6 Å². The quantitative estimate of drug-likeness (QED) is 0.411. The molecule has 1 aromatic rings. The number of carboxylic acids is 1. The minimum absolute atomic E-state index is 0.153. The van der Waals surface area contributed by atoms with Crippen LogP contribution in [0.25, 0.3) is 0 Å². The molecule has 21 heavy (non-hydrogen) atoms. The zero-order valence-electron chi connectivity index (χ0n) is 12.3. The molecule has 1 aromatic carbocycles. The van der Waals surface area contributed by atoms with Crippen LogP contribution in [0.2, 0.25) is 0 Å². The van der Waals surface area contributed by atoms with Gasteiger partial charge in [0.05, 0.1) is 13.2 Å². The zero-order chi connectivity index (χ0) is 15.3. The number of nitrogens with one attached hydrogen (secondary N) is 2. The van der Waals surface area contributed by atoms with Gasteiger partial charge in [0.2, 0.25) is 0 Å². The van der Waals surface area contributed by atoms with Gasteiger partial charge in [-0.15, -0.1) is 0 Å². The molecular weight excluding hydrogens is 270 g/mol. The molecule has 0 saturated carbocycles. The largest absolute Gasteiger partial charge is 0.480 e. The summed E-state index contributed by atoms with van der Waals surface area (Å²) in [4.78, 5) is 11.1. The van der Waals surface area contributed by atoms with Gasteiger partial charge in [-0.2, -0.15) is 0 Å². The molecule has 118 valence electrons. The number of carboxylic acid groups (broad SMARTS) is 1. The molecule has 6 heteroatoms. The Balaban J connectivity index is 2.16. The molecule has 6 nitrogen and oxygen atoms in total. The van der Waals surface area contributed by atoms with Crippen molar-refractivity contribution in [1.82, 2.24) is 10.6 Å². The molecular formula is C15H25N3O3. The third-order valence-corrected chi connectivity index (χ3v) is 2.94. The monoisotopic (exact) mass is 295 g/mol. The summed E-state index contributed by atoms with van der Waals surface area (Å²) in [6, 6.07) is 9.02. The predicted molar refractivity (Wildman–Crippen MR) is 82.1 cm³/mol. The highest BCUT2D eigenvalue weighted by molar-refractivity contribution is 5.73. The van der Waals surface area contributed by atoms with Crippen molar-refractivity contribution in [3.63, 3.8) is 0 Å². The molecule has 0 spiro atoms. The Morgan fingerprint density at radius 2 is 2.00 bits per heavy atom. The number of nitrogens with two attached hydrogens (primary N) is 1. The first-order valence-corrected chi connectivity index (χ1v) is 7.22. The average Bonchev–Trinajstić information content (AvgIpc) is 2.49. The van der Waals surface area contributed by atoms with Crippen LogP contribution in [0.4, 0.5) is 0 Å². The van der Waals surface area contributed by atoms with Crippen LogP contribution in [-0.2, 0) is 16.1 Å². The van der Waals surface area contributed by atoms with Crippen LogP contribution in [0.1, 0.15) is 12.0 Å². The summed E-state index contributed by atoms with van der Waals surface area (Å²) in [5, 5.41) is 15.3. The molecule has 0 unspecified atom stereocenters. The summed E-state index contributed by atoms with van der Waals surface area (Å²) in [6.07, 6.45) is 0.850. The summed E-state index contributed by atoms with van der Waals surface area (Å²) >= 11 is 0. The van der Waals surface area contributed by atoms with E-state index in [-0.39, 0.29) is 6.61 Å². The van der Waals surface area contributed by atoms with E-state index >= 15 is 0 Å². The number of aliphatic carboxylic acids is 1. The maximum absolute atomic E-state index is 11.1. The van der Waals surface area contributed by atoms with Gasteiger partial charge in [-0.25, -0.2) is 0 Å². The lowest BCUT2D eigenvalue weighted by Gasteiger charge is -2.15. The van der Waals surface area contributed by atoms with Crippen molar-refractivity contribution < 1.29 is 14.6 Å². The van der Waals surface area contributed by atoms with Crippen molar-refractivity contribution in [3.8, 4) is 0 Å². The van der Waals surface area contributed by atoms with E-state index in [0.29, 0.717) is 19.7 Å². The number of benzene rings is 1. The van der Waals surface area contributed by atoms with Gasteiger partial charge >= 0.3 is 5.97 Å². The van der Waals surface area contributed by atoms with E-state index in [2.05, 4.69) is 10.6 Å². The summed E-state index contributed by atoms with van der Waals surface area (Å²) in [5.74, 6) is -0.891. The molecule has 0 bridgehead atoms. The third-order valence-electron chi connectivity index (χ3n) is 2.94. The molecule has 0 radical (unpaired) electrons. The average molecular weight is 295 g/mol. The normalized spacial score (nSPS) is 12.2. The lowest BCUT2D eigenvalue weighted by atomic mass is 10.2. The second kappa shape index (κ2) is 11.2. The van der Waals surface area contributed by atoms with Crippen molar-refractivity contribution in [1.29, 1.82) is 0 Å². The number of rotatable bonds is 12. The predicted octanol–water partition coefficient (Wildman–Crippen LogP) is 0.184. The molecule has 5 N–H and O–H groups in total. The van der Waals surface area contributed by atoms with Gasteiger partial charge in [-0.1, -0.05) is 30.3 Å². The van der Waals surface area contributed by atoms with Crippen LogP contribution < -0.4 is 16.4 Å². The lowest BCUT2D eigenvalue weighted by molar-refractivity contribution is -0.141. The fraction of sp³-hybridized carbons (Fsp3) is 0.533. The van der Waals surface area contributed by atoms with Gasteiger partial charge in [0.1, 0.15) is 6.04 Å². The summed E-state index contributed by atoms with van der Waals surface area (Å²) in [6.45, 7) is 3.41. The van der Waals surface area contributed by atoms with Gasteiger partial charge in [0, 0.05) is 13.1 Å². The first-order chi connectivity index (χ1) is 10.2. The fourth-order valence-electron chi connectivity index (χ4n) is 1.80. The summed E-state index contributed by atoms with van der Waals surface area (Å²) in [7, 11) is 0. The van der Waals surface area contributed by atoms with Crippen LogP contribution in [0.5, 0.6) is 0 Å². The van der Waals surface area contributed by atoms with Crippen LogP contribution in [-0.4, -0.2) is 49.9 Å². The maximum atomic E-state index is 11.1. The van der Waals surface area contributed by atoms with E-state index in [1.807, 2.05) is 30.3 Å². The highest BCUT2D eigenvalue weighted by Gasteiger charge is 2.16. The Bertz CT molecular complexity index is 387. The number of carbonyl (C=O) groups is 1.